The van der Waals surface area contributed by atoms with Crippen molar-refractivity contribution >= 4 is 32.9 Å². The second-order valence-corrected chi connectivity index (χ2v) is 11.2. The number of rotatable bonds is 8. The van der Waals surface area contributed by atoms with Gasteiger partial charge in [0.05, 0.1) is 12.5 Å². The van der Waals surface area contributed by atoms with Gasteiger partial charge in [0, 0.05) is 27.1 Å². The summed E-state index contributed by atoms with van der Waals surface area (Å²) >= 11 is 3.41. The van der Waals surface area contributed by atoms with Gasteiger partial charge in [0.1, 0.15) is 41.1 Å². The summed E-state index contributed by atoms with van der Waals surface area (Å²) in [5.74, 6) is -0.0369. The zero-order chi connectivity index (χ0) is 31.7. The van der Waals surface area contributed by atoms with Gasteiger partial charge in [0.15, 0.2) is 11.5 Å². The van der Waals surface area contributed by atoms with Crippen LogP contribution in [0.2, 0.25) is 0 Å². The van der Waals surface area contributed by atoms with Crippen molar-refractivity contribution < 1.29 is 32.5 Å². The lowest BCUT2D eigenvalue weighted by Crippen LogP contribution is -2.21. The fourth-order valence-electron chi connectivity index (χ4n) is 5.22. The Bertz CT molecular complexity index is 2010. The molecule has 4 aromatic carbocycles. The van der Waals surface area contributed by atoms with Gasteiger partial charge >= 0.3 is 5.97 Å². The van der Waals surface area contributed by atoms with E-state index in [1.807, 2.05) is 25.1 Å². The van der Waals surface area contributed by atoms with E-state index in [2.05, 4.69) is 22.0 Å². The predicted molar refractivity (Wildman–Crippen MR) is 168 cm³/mol. The second-order valence-electron chi connectivity index (χ2n) is 10.3. The number of fused-ring (bicyclic) bond motifs is 2. The van der Waals surface area contributed by atoms with Crippen LogP contribution in [-0.2, 0) is 6.61 Å². The van der Waals surface area contributed by atoms with Crippen LogP contribution in [0.5, 0.6) is 23.0 Å². The third-order valence-corrected chi connectivity index (χ3v) is 7.89. The number of allylic oxidation sites excluding steroid dienone is 1. The summed E-state index contributed by atoms with van der Waals surface area (Å²) in [6, 6.07) is 24.0. The van der Waals surface area contributed by atoms with Gasteiger partial charge in [-0.3, -0.25) is 0 Å². The molecule has 6 rings (SSSR count). The number of hydrogen-bond acceptors (Lipinski definition) is 8. The van der Waals surface area contributed by atoms with E-state index in [0.717, 1.165) is 15.4 Å². The normalized spacial score (nSPS) is 14.0. The van der Waals surface area contributed by atoms with Gasteiger partial charge in [-0.2, -0.15) is 5.26 Å². The first-order chi connectivity index (χ1) is 21.7. The smallest absolute Gasteiger partial charge is 0.379 e. The maximum Gasteiger partial charge on any atom is 0.379 e. The topological polar surface area (TPSA) is 117 Å². The second kappa shape index (κ2) is 12.4. The number of nitrogens with zero attached hydrogens (tertiary/aromatic N) is 1. The van der Waals surface area contributed by atoms with Crippen molar-refractivity contribution in [3.8, 4) is 29.1 Å². The minimum absolute atomic E-state index is 0.0632. The maximum absolute atomic E-state index is 13.3. The molecule has 0 aliphatic carbocycles. The number of ether oxygens (including phenoxy) is 4. The maximum atomic E-state index is 13.3. The molecule has 45 heavy (non-hydrogen) atoms. The van der Waals surface area contributed by atoms with Gasteiger partial charge < -0.3 is 29.1 Å². The first-order valence-corrected chi connectivity index (χ1v) is 14.8. The molecule has 1 aliphatic rings. The van der Waals surface area contributed by atoms with Gasteiger partial charge in [-0.25, -0.2) is 9.18 Å². The molecule has 1 aliphatic heterocycles. The van der Waals surface area contributed by atoms with Gasteiger partial charge in [0.25, 0.3) is 0 Å². The highest BCUT2D eigenvalue weighted by molar-refractivity contribution is 9.10. The molecule has 1 unspecified atom stereocenters. The minimum atomic E-state index is -0.661. The number of nitrogens with two attached hydrogens (primary N) is 1. The van der Waals surface area contributed by atoms with Crippen LogP contribution < -0.4 is 24.7 Å². The lowest BCUT2D eigenvalue weighted by Gasteiger charge is -2.27. The van der Waals surface area contributed by atoms with Crippen molar-refractivity contribution in [1.29, 1.82) is 5.26 Å². The van der Waals surface area contributed by atoms with E-state index >= 15 is 0 Å². The Hall–Kier alpha value is -5.27. The van der Waals surface area contributed by atoms with E-state index in [0.29, 0.717) is 46.1 Å². The van der Waals surface area contributed by atoms with Crippen molar-refractivity contribution in [2.24, 2.45) is 5.73 Å². The lowest BCUT2D eigenvalue weighted by atomic mass is 9.83. The molecule has 0 saturated carbocycles. The molecule has 0 saturated heterocycles. The number of aryl methyl sites for hydroxylation is 1. The van der Waals surface area contributed by atoms with E-state index in [1.54, 1.807) is 55.5 Å². The lowest BCUT2D eigenvalue weighted by molar-refractivity contribution is 0.0702. The van der Waals surface area contributed by atoms with E-state index in [-0.39, 0.29) is 35.4 Å². The molecule has 0 spiro atoms. The number of nitriles is 1. The fraction of sp³-hybridized carbons (Fsp3) is 0.143. The Kier molecular flexibility index (Phi) is 8.20. The van der Waals surface area contributed by atoms with Crippen molar-refractivity contribution in [1.82, 2.24) is 0 Å². The molecular formula is C35H26BrFN2O6. The largest absolute Gasteiger partial charge is 0.490 e. The molecule has 0 radical (unpaired) electrons. The fourth-order valence-corrected chi connectivity index (χ4v) is 5.56. The van der Waals surface area contributed by atoms with Crippen molar-refractivity contribution in [3.63, 3.8) is 0 Å². The van der Waals surface area contributed by atoms with Crippen molar-refractivity contribution in [2.45, 2.75) is 26.4 Å². The van der Waals surface area contributed by atoms with E-state index in [1.165, 1.54) is 12.1 Å². The average molecular weight is 670 g/mol. The molecule has 1 aromatic heterocycles. The third-order valence-electron chi connectivity index (χ3n) is 7.40. The Balaban J connectivity index is 1.29. The van der Waals surface area contributed by atoms with Crippen LogP contribution in [-0.4, -0.2) is 12.6 Å². The van der Waals surface area contributed by atoms with Crippen LogP contribution in [0.3, 0.4) is 0 Å². The van der Waals surface area contributed by atoms with Crippen LogP contribution in [0.25, 0.3) is 11.0 Å². The third kappa shape index (κ3) is 5.95. The molecule has 1 atom stereocenters. The van der Waals surface area contributed by atoms with Crippen LogP contribution in [0, 0.1) is 24.1 Å². The van der Waals surface area contributed by atoms with Crippen LogP contribution in [0.1, 0.15) is 45.7 Å². The number of furan rings is 1. The highest BCUT2D eigenvalue weighted by atomic mass is 79.9. The van der Waals surface area contributed by atoms with Gasteiger partial charge in [-0.1, -0.05) is 40.2 Å². The molecule has 226 valence electrons. The predicted octanol–water partition coefficient (Wildman–Crippen LogP) is 8.06. The average Bonchev–Trinajstić information content (AvgIpc) is 3.35. The van der Waals surface area contributed by atoms with Crippen LogP contribution >= 0.6 is 15.9 Å². The van der Waals surface area contributed by atoms with E-state index in [4.69, 9.17) is 29.1 Å². The van der Waals surface area contributed by atoms with Gasteiger partial charge in [-0.05, 0) is 73.5 Å². The molecule has 0 fully saturated rings. The Labute approximate surface area is 266 Å². The summed E-state index contributed by atoms with van der Waals surface area (Å²) in [4.78, 5) is 13.1. The SMILES string of the molecule is CCOc1cc(C2C(C#N)=C(N)Oc3cc(OC(=O)c4oc5cc(Br)ccc5c4C)ccc32)ccc1OCc1ccc(F)cc1. The molecular weight excluding hydrogens is 643 g/mol. The molecule has 5 aromatic rings. The van der Waals surface area contributed by atoms with E-state index < -0.39 is 11.9 Å². The number of hydrogen-bond donors (Lipinski definition) is 1. The molecule has 10 heteroatoms. The molecule has 8 nitrogen and oxygen atoms in total. The van der Waals surface area contributed by atoms with Crippen molar-refractivity contribution in [3.05, 3.63) is 129 Å². The highest BCUT2D eigenvalue weighted by Crippen LogP contribution is 2.45. The first kappa shape index (κ1) is 29.8. The Morgan fingerprint density at radius 3 is 2.58 bits per heavy atom. The highest BCUT2D eigenvalue weighted by Gasteiger charge is 2.32. The Morgan fingerprint density at radius 2 is 1.82 bits per heavy atom. The van der Waals surface area contributed by atoms with Crippen LogP contribution in [0.15, 0.2) is 99.2 Å². The quantitative estimate of drug-likeness (QED) is 0.130. The molecule has 2 heterocycles. The number of carbonyl (C=O) groups is 1. The summed E-state index contributed by atoms with van der Waals surface area (Å²) in [7, 11) is 0. The zero-order valence-corrected chi connectivity index (χ0v) is 25.8. The summed E-state index contributed by atoms with van der Waals surface area (Å²) in [5.41, 5.74) is 9.83. The summed E-state index contributed by atoms with van der Waals surface area (Å²) in [6.45, 7) is 4.23. The number of halogens is 2. The summed E-state index contributed by atoms with van der Waals surface area (Å²) in [5, 5.41) is 10.9. The summed E-state index contributed by atoms with van der Waals surface area (Å²) in [6.07, 6.45) is 0. The molecule has 0 bridgehead atoms. The molecule has 0 amide bonds. The van der Waals surface area contributed by atoms with Crippen molar-refractivity contribution in [2.75, 3.05) is 6.61 Å². The molecule has 2 N–H and O–H groups in total. The summed E-state index contributed by atoms with van der Waals surface area (Å²) < 4.78 is 43.3. The standard InChI is InChI=1S/C35H26BrFN2O6/c1-3-41-31-14-21(6-13-28(31)42-18-20-4-8-23(37)9-5-20)32-26-12-10-24(16-30(26)45-34(39)27(32)17-38)43-35(40)33-19(2)25-11-7-22(36)15-29(25)44-33/h4-16,32H,3,18,39H2,1-2H3. The monoisotopic (exact) mass is 668 g/mol. The van der Waals surface area contributed by atoms with Crippen LogP contribution in [0.4, 0.5) is 4.39 Å². The van der Waals surface area contributed by atoms with Gasteiger partial charge in [0.2, 0.25) is 11.6 Å². The first-order valence-electron chi connectivity index (χ1n) is 14.0. The zero-order valence-electron chi connectivity index (χ0n) is 24.2. The number of esters is 1. The number of carbonyl (C=O) groups excluding carboxylic acids is 1. The Morgan fingerprint density at radius 1 is 1.02 bits per heavy atom. The minimum Gasteiger partial charge on any atom is -0.490 e. The van der Waals surface area contributed by atoms with Gasteiger partial charge in [-0.15, -0.1) is 0 Å². The van der Waals surface area contributed by atoms with E-state index in [9.17, 15) is 14.4 Å². The number of benzene rings is 4.